The van der Waals surface area contributed by atoms with Crippen molar-refractivity contribution in [2.24, 2.45) is 0 Å². The number of methoxy groups -OCH3 is 1. The van der Waals surface area contributed by atoms with Crippen LogP contribution in [-0.4, -0.2) is 13.1 Å². The summed E-state index contributed by atoms with van der Waals surface area (Å²) in [6.45, 7) is 14.0. The first-order valence-corrected chi connectivity index (χ1v) is 11.2. The standard InChI is InChI=1S/C15H13ClO3.C7H7IO.C2H6.C2H4/c1-10-3-5-11(6-4-10)15(17)19-14-8-7-12(18-2)9-13(14)16;1-6-2-4-7(9-8)5-3-6;2*1-2/h3-9H,1-2H3;2-5H,1H3;1-2H3;1-2H2. The molecule has 0 unspecified atom stereocenters. The second kappa shape index (κ2) is 17.1. The summed E-state index contributed by atoms with van der Waals surface area (Å²) in [6.07, 6.45) is 0. The van der Waals surface area contributed by atoms with E-state index in [0.717, 1.165) is 11.3 Å². The highest BCUT2D eigenvalue weighted by atomic mass is 127. The predicted octanol–water partition coefficient (Wildman–Crippen LogP) is 8.43. The van der Waals surface area contributed by atoms with Crippen LogP contribution < -0.4 is 12.5 Å². The Morgan fingerprint density at radius 1 is 0.844 bits per heavy atom. The summed E-state index contributed by atoms with van der Waals surface area (Å²) in [6, 6.07) is 20.0. The molecule has 172 valence electrons. The van der Waals surface area contributed by atoms with E-state index in [2.05, 4.69) is 20.1 Å². The van der Waals surface area contributed by atoms with Gasteiger partial charge in [0.2, 0.25) is 0 Å². The fourth-order valence-electron chi connectivity index (χ4n) is 2.13. The first-order valence-electron chi connectivity index (χ1n) is 9.90. The van der Waals surface area contributed by atoms with Gasteiger partial charge in [-0.15, -0.1) is 13.2 Å². The van der Waals surface area contributed by atoms with E-state index in [-0.39, 0.29) is 0 Å². The maximum atomic E-state index is 11.9. The summed E-state index contributed by atoms with van der Waals surface area (Å²) < 4.78 is 15.2. The molecule has 4 nitrogen and oxygen atoms in total. The largest absolute Gasteiger partial charge is 0.497 e. The van der Waals surface area contributed by atoms with Crippen molar-refractivity contribution in [2.75, 3.05) is 7.11 Å². The molecule has 0 aliphatic carbocycles. The van der Waals surface area contributed by atoms with Crippen molar-refractivity contribution >= 4 is 40.6 Å². The third-order valence-electron chi connectivity index (χ3n) is 3.74. The Morgan fingerprint density at radius 3 is 1.75 bits per heavy atom. The van der Waals surface area contributed by atoms with Crippen LogP contribution in [0.15, 0.2) is 79.9 Å². The van der Waals surface area contributed by atoms with Crippen LogP contribution in [-0.2, 0) is 0 Å². The molecule has 0 aliphatic rings. The second-order valence-electron chi connectivity index (χ2n) is 5.94. The van der Waals surface area contributed by atoms with Crippen molar-refractivity contribution in [3.63, 3.8) is 0 Å². The van der Waals surface area contributed by atoms with Gasteiger partial charge in [-0.1, -0.05) is 60.8 Å². The highest BCUT2D eigenvalue weighted by Gasteiger charge is 2.11. The van der Waals surface area contributed by atoms with Crippen LogP contribution in [0.5, 0.6) is 17.2 Å². The van der Waals surface area contributed by atoms with Crippen LogP contribution in [0, 0.1) is 13.8 Å². The molecule has 0 saturated heterocycles. The molecule has 32 heavy (non-hydrogen) atoms. The van der Waals surface area contributed by atoms with Crippen molar-refractivity contribution in [1.29, 1.82) is 0 Å². The zero-order valence-corrected chi connectivity index (χ0v) is 22.1. The Balaban J connectivity index is 0.000000619. The van der Waals surface area contributed by atoms with Crippen LogP contribution in [0.3, 0.4) is 0 Å². The molecule has 0 heterocycles. The van der Waals surface area contributed by atoms with Crippen LogP contribution in [0.1, 0.15) is 35.3 Å². The fraction of sp³-hybridized carbons (Fsp3) is 0.192. The molecule has 0 fully saturated rings. The molecule has 0 radical (unpaired) electrons. The number of halogens is 2. The van der Waals surface area contributed by atoms with E-state index in [9.17, 15) is 4.79 Å². The van der Waals surface area contributed by atoms with Gasteiger partial charge >= 0.3 is 5.97 Å². The van der Waals surface area contributed by atoms with Crippen LogP contribution in [0.25, 0.3) is 0 Å². The smallest absolute Gasteiger partial charge is 0.343 e. The maximum absolute atomic E-state index is 11.9. The number of carbonyl (C=O) groups is 1. The van der Waals surface area contributed by atoms with Crippen molar-refractivity contribution in [3.8, 4) is 17.2 Å². The van der Waals surface area contributed by atoms with Gasteiger partial charge in [0, 0.05) is 6.07 Å². The summed E-state index contributed by atoms with van der Waals surface area (Å²) in [5.74, 6) is 1.39. The van der Waals surface area contributed by atoms with Gasteiger partial charge in [-0.2, -0.15) is 0 Å². The molecule has 3 rings (SSSR count). The van der Waals surface area contributed by atoms with Gasteiger partial charge in [0.1, 0.15) is 17.2 Å². The number of hydrogen-bond acceptors (Lipinski definition) is 4. The normalized spacial score (nSPS) is 8.84. The molecule has 0 aromatic heterocycles. The van der Waals surface area contributed by atoms with Crippen LogP contribution in [0.2, 0.25) is 5.02 Å². The summed E-state index contributed by atoms with van der Waals surface area (Å²) in [4.78, 5) is 11.9. The quantitative estimate of drug-likeness (QED) is 0.137. The van der Waals surface area contributed by atoms with Crippen LogP contribution in [0.4, 0.5) is 0 Å². The Labute approximate surface area is 210 Å². The zero-order chi connectivity index (χ0) is 24.5. The molecule has 6 heteroatoms. The predicted molar refractivity (Wildman–Crippen MR) is 143 cm³/mol. The van der Waals surface area contributed by atoms with Crippen molar-refractivity contribution in [2.45, 2.75) is 27.7 Å². The van der Waals surface area contributed by atoms with Gasteiger partial charge in [0.05, 0.1) is 17.7 Å². The third kappa shape index (κ3) is 10.7. The Bertz CT molecular complexity index is 926. The first-order chi connectivity index (χ1) is 15.4. The van der Waals surface area contributed by atoms with Crippen molar-refractivity contribution < 1.29 is 17.3 Å². The topological polar surface area (TPSA) is 44.8 Å². The number of aryl methyl sites for hydroxylation is 2. The first kappa shape index (κ1) is 29.5. The summed E-state index contributed by atoms with van der Waals surface area (Å²) in [5.41, 5.74) is 2.82. The number of benzene rings is 3. The summed E-state index contributed by atoms with van der Waals surface area (Å²) >= 11 is 7.87. The molecule has 0 aliphatic heterocycles. The maximum Gasteiger partial charge on any atom is 0.343 e. The second-order valence-corrected chi connectivity index (χ2v) is 6.79. The van der Waals surface area contributed by atoms with E-state index in [1.807, 2.05) is 80.2 Å². The molecule has 0 spiro atoms. The number of esters is 1. The molecular formula is C26H30ClIO4. The number of rotatable bonds is 4. The Morgan fingerprint density at radius 2 is 1.31 bits per heavy atom. The van der Waals surface area contributed by atoms with Gasteiger partial charge in [0.15, 0.2) is 23.0 Å². The molecule has 0 N–H and O–H groups in total. The van der Waals surface area contributed by atoms with Gasteiger partial charge in [0.25, 0.3) is 0 Å². The summed E-state index contributed by atoms with van der Waals surface area (Å²) in [5, 5.41) is 0.333. The van der Waals surface area contributed by atoms with E-state index in [4.69, 9.17) is 24.1 Å². The van der Waals surface area contributed by atoms with Gasteiger partial charge < -0.3 is 12.5 Å². The minimum absolute atomic E-state index is 0.313. The monoisotopic (exact) mass is 568 g/mol. The summed E-state index contributed by atoms with van der Waals surface area (Å²) in [7, 11) is 1.55. The van der Waals surface area contributed by atoms with E-state index in [1.165, 1.54) is 5.56 Å². The average molecular weight is 569 g/mol. The average Bonchev–Trinajstić information content (AvgIpc) is 2.84. The lowest BCUT2D eigenvalue weighted by atomic mass is 10.1. The highest BCUT2D eigenvalue weighted by molar-refractivity contribution is 14.1. The van der Waals surface area contributed by atoms with Crippen LogP contribution >= 0.6 is 34.6 Å². The van der Waals surface area contributed by atoms with Gasteiger partial charge in [-0.05, 0) is 50.2 Å². The van der Waals surface area contributed by atoms with E-state index in [1.54, 1.807) is 37.4 Å². The van der Waals surface area contributed by atoms with Crippen molar-refractivity contribution in [3.05, 3.63) is 102 Å². The van der Waals surface area contributed by atoms with Gasteiger partial charge in [-0.3, -0.25) is 0 Å². The lowest BCUT2D eigenvalue weighted by Crippen LogP contribution is -2.08. The number of ether oxygens (including phenoxy) is 2. The molecular weight excluding hydrogens is 539 g/mol. The molecule has 0 atom stereocenters. The molecule has 0 saturated carbocycles. The highest BCUT2D eigenvalue weighted by Crippen LogP contribution is 2.29. The minimum Gasteiger partial charge on any atom is -0.497 e. The Kier molecular flexibility index (Phi) is 15.8. The Hall–Kier alpha value is -2.51. The van der Waals surface area contributed by atoms with E-state index < -0.39 is 5.97 Å². The molecule has 3 aromatic rings. The molecule has 0 amide bonds. The molecule has 3 aromatic carbocycles. The number of carbonyl (C=O) groups excluding carboxylic acids is 1. The third-order valence-corrected chi connectivity index (χ3v) is 4.54. The SMILES string of the molecule is C=C.CC.COc1ccc(OC(=O)c2ccc(C)cc2)c(Cl)c1.Cc1ccc(OI)cc1. The lowest BCUT2D eigenvalue weighted by Gasteiger charge is -2.07. The van der Waals surface area contributed by atoms with Crippen molar-refractivity contribution in [1.82, 2.24) is 0 Å². The minimum atomic E-state index is -0.438. The van der Waals surface area contributed by atoms with E-state index >= 15 is 0 Å². The number of hydrogen-bond donors (Lipinski definition) is 0. The molecule has 0 bridgehead atoms. The van der Waals surface area contributed by atoms with Gasteiger partial charge in [-0.25, -0.2) is 4.79 Å². The van der Waals surface area contributed by atoms with E-state index in [0.29, 0.717) is 22.1 Å². The lowest BCUT2D eigenvalue weighted by molar-refractivity contribution is 0.0734. The zero-order valence-electron chi connectivity index (χ0n) is 19.2. The fourth-order valence-corrected chi connectivity index (χ4v) is 2.63.